The molecule has 1 aliphatic rings. The minimum atomic E-state index is -1.25. The van der Waals surface area contributed by atoms with Gasteiger partial charge in [0.25, 0.3) is 0 Å². The van der Waals surface area contributed by atoms with E-state index in [9.17, 15) is 27.5 Å². The number of aryl methyl sites for hydroxylation is 1. The lowest BCUT2D eigenvalue weighted by atomic mass is 9.72. The fourth-order valence-electron chi connectivity index (χ4n) is 5.34. The summed E-state index contributed by atoms with van der Waals surface area (Å²) >= 11 is 0. The molecular weight excluding hydrogens is 502 g/mol. The average Bonchev–Trinajstić information content (AvgIpc) is 2.88. The van der Waals surface area contributed by atoms with Gasteiger partial charge in [0.1, 0.15) is 17.4 Å². The number of carbonyl (C=O) groups is 1. The quantitative estimate of drug-likeness (QED) is 0.240. The zero-order valence-corrected chi connectivity index (χ0v) is 21.2. The molecule has 0 unspecified atom stereocenters. The fraction of sp³-hybridized carbons (Fsp3) is 0.429. The minimum Gasteiger partial charge on any atom is -0.497 e. The second-order valence-corrected chi connectivity index (χ2v) is 9.91. The molecule has 1 aliphatic heterocycles. The summed E-state index contributed by atoms with van der Waals surface area (Å²) in [5, 5.41) is 13.0. The van der Waals surface area contributed by atoms with Crippen LogP contribution in [0.1, 0.15) is 37.7 Å². The van der Waals surface area contributed by atoms with Crippen LogP contribution in [0.3, 0.4) is 0 Å². The third-order valence-electron chi connectivity index (χ3n) is 7.45. The van der Waals surface area contributed by atoms with Crippen molar-refractivity contribution in [2.24, 2.45) is 5.41 Å². The molecule has 10 heteroatoms. The SMILES string of the molecule is COc1ccc2ncc(F)c(CCCC3(CC(=O)O)CCN(CCNc4cc(F)cc(F)c4F)CC3)c2c1. The number of benzene rings is 2. The Labute approximate surface area is 218 Å². The van der Waals surface area contributed by atoms with E-state index < -0.39 is 34.7 Å². The van der Waals surface area contributed by atoms with Gasteiger partial charge in [-0.3, -0.25) is 9.78 Å². The number of rotatable bonds is 11. The number of pyridine rings is 1. The maximum atomic E-state index is 14.7. The highest BCUT2D eigenvalue weighted by molar-refractivity contribution is 5.83. The first kappa shape index (κ1) is 27.6. The molecule has 1 saturated heterocycles. The van der Waals surface area contributed by atoms with Crippen LogP contribution in [0.2, 0.25) is 0 Å². The number of nitrogens with one attached hydrogen (secondary N) is 1. The predicted octanol–water partition coefficient (Wildman–Crippen LogP) is 5.79. The molecule has 2 heterocycles. The number of nitrogens with zero attached hydrogens (tertiary/aromatic N) is 2. The second-order valence-electron chi connectivity index (χ2n) is 9.91. The van der Waals surface area contributed by atoms with Gasteiger partial charge in [-0.2, -0.15) is 0 Å². The highest BCUT2D eigenvalue weighted by atomic mass is 19.2. The van der Waals surface area contributed by atoms with E-state index >= 15 is 0 Å². The Bertz CT molecular complexity index is 1300. The summed E-state index contributed by atoms with van der Waals surface area (Å²) in [7, 11) is 1.55. The number of carboxylic acid groups (broad SMARTS) is 1. The summed E-state index contributed by atoms with van der Waals surface area (Å²) in [6.07, 6.45) is 4.24. The van der Waals surface area contributed by atoms with Crippen LogP contribution in [0.15, 0.2) is 36.5 Å². The number of fused-ring (bicyclic) bond motifs is 1. The van der Waals surface area contributed by atoms with E-state index in [4.69, 9.17) is 4.74 Å². The number of methoxy groups -OCH3 is 1. The van der Waals surface area contributed by atoms with Crippen LogP contribution in [0.5, 0.6) is 5.75 Å². The Morgan fingerprint density at radius 1 is 1.13 bits per heavy atom. The molecule has 2 N–H and O–H groups in total. The molecule has 2 aromatic carbocycles. The van der Waals surface area contributed by atoms with Crippen LogP contribution in [0, 0.1) is 28.7 Å². The van der Waals surface area contributed by atoms with Crippen molar-refractivity contribution in [3.8, 4) is 5.75 Å². The zero-order chi connectivity index (χ0) is 27.3. The van der Waals surface area contributed by atoms with E-state index in [0.29, 0.717) is 80.0 Å². The molecule has 3 aromatic rings. The van der Waals surface area contributed by atoms with Crippen molar-refractivity contribution < 1.29 is 32.2 Å². The predicted molar refractivity (Wildman–Crippen MR) is 136 cm³/mol. The molecule has 0 radical (unpaired) electrons. The molecule has 38 heavy (non-hydrogen) atoms. The molecule has 0 amide bonds. The molecule has 1 fully saturated rings. The smallest absolute Gasteiger partial charge is 0.303 e. The van der Waals surface area contributed by atoms with E-state index in [0.717, 1.165) is 6.07 Å². The zero-order valence-electron chi connectivity index (χ0n) is 21.2. The van der Waals surface area contributed by atoms with Gasteiger partial charge >= 0.3 is 5.97 Å². The average molecular weight is 534 g/mol. The van der Waals surface area contributed by atoms with E-state index in [-0.39, 0.29) is 18.7 Å². The number of hydrogen-bond donors (Lipinski definition) is 2. The number of aromatic nitrogens is 1. The fourth-order valence-corrected chi connectivity index (χ4v) is 5.34. The van der Waals surface area contributed by atoms with Gasteiger partial charge in [-0.25, -0.2) is 17.6 Å². The van der Waals surface area contributed by atoms with Crippen molar-refractivity contribution in [2.45, 2.75) is 38.5 Å². The Balaban J connectivity index is 1.35. The van der Waals surface area contributed by atoms with Gasteiger partial charge in [0.2, 0.25) is 0 Å². The van der Waals surface area contributed by atoms with E-state index in [2.05, 4.69) is 15.2 Å². The van der Waals surface area contributed by atoms with Crippen molar-refractivity contribution in [1.29, 1.82) is 0 Å². The minimum absolute atomic E-state index is 0.0280. The summed E-state index contributed by atoms with van der Waals surface area (Å²) < 4.78 is 60.6. The Hall–Kier alpha value is -3.40. The van der Waals surface area contributed by atoms with Gasteiger partial charge in [-0.05, 0) is 74.4 Å². The Morgan fingerprint density at radius 2 is 1.89 bits per heavy atom. The summed E-state index contributed by atoms with van der Waals surface area (Å²) in [6, 6.07) is 6.74. The first-order chi connectivity index (χ1) is 18.2. The standard InChI is InChI=1S/C28H31F4N3O3/c1-38-19-4-5-24-21(15-19)20(23(31)17-34-24)3-2-6-28(16-26(36)37)7-10-35(11-8-28)12-9-33-25-14-18(29)13-22(30)27(25)32/h4-5,13-15,17,33H,2-3,6-12,16H2,1H3,(H,36,37). The lowest BCUT2D eigenvalue weighted by Gasteiger charge is -2.41. The van der Waals surface area contributed by atoms with E-state index in [1.165, 1.54) is 6.20 Å². The maximum Gasteiger partial charge on any atom is 0.303 e. The Morgan fingerprint density at radius 3 is 2.61 bits per heavy atom. The van der Waals surface area contributed by atoms with Crippen molar-refractivity contribution in [3.63, 3.8) is 0 Å². The van der Waals surface area contributed by atoms with Gasteiger partial charge < -0.3 is 20.1 Å². The highest BCUT2D eigenvalue weighted by Gasteiger charge is 2.36. The number of hydrogen-bond acceptors (Lipinski definition) is 5. The van der Waals surface area contributed by atoms with Gasteiger partial charge in [0.05, 0.1) is 30.9 Å². The summed E-state index contributed by atoms with van der Waals surface area (Å²) in [4.78, 5) is 18.0. The second kappa shape index (κ2) is 12.0. The van der Waals surface area contributed by atoms with Crippen molar-refractivity contribution >= 4 is 22.6 Å². The largest absolute Gasteiger partial charge is 0.497 e. The number of carboxylic acids is 1. The topological polar surface area (TPSA) is 74.7 Å². The number of likely N-dealkylation sites (tertiary alicyclic amines) is 1. The lowest BCUT2D eigenvalue weighted by Crippen LogP contribution is -2.43. The summed E-state index contributed by atoms with van der Waals surface area (Å²) in [5.74, 6) is -3.88. The lowest BCUT2D eigenvalue weighted by molar-refractivity contribution is -0.140. The molecule has 204 valence electrons. The van der Waals surface area contributed by atoms with Crippen LogP contribution < -0.4 is 10.1 Å². The normalized spacial score (nSPS) is 15.5. The molecule has 0 aliphatic carbocycles. The molecule has 0 atom stereocenters. The van der Waals surface area contributed by atoms with Crippen molar-refractivity contribution in [3.05, 3.63) is 65.4 Å². The van der Waals surface area contributed by atoms with Crippen LogP contribution in [0.4, 0.5) is 23.2 Å². The third-order valence-corrected chi connectivity index (χ3v) is 7.45. The number of aliphatic carboxylic acids is 1. The van der Waals surface area contributed by atoms with Gasteiger partial charge in [0, 0.05) is 30.6 Å². The first-order valence-electron chi connectivity index (χ1n) is 12.6. The van der Waals surface area contributed by atoms with E-state index in [1.807, 2.05) is 0 Å². The molecule has 4 rings (SSSR count). The number of anilines is 1. The third kappa shape index (κ3) is 6.53. The van der Waals surface area contributed by atoms with Crippen molar-refractivity contribution in [1.82, 2.24) is 9.88 Å². The molecule has 0 bridgehead atoms. The Kier molecular flexibility index (Phi) is 8.71. The number of piperidine rings is 1. The maximum absolute atomic E-state index is 14.7. The molecule has 0 saturated carbocycles. The van der Waals surface area contributed by atoms with Crippen LogP contribution >= 0.6 is 0 Å². The molecular formula is C28H31F4N3O3. The number of ether oxygens (including phenoxy) is 1. The summed E-state index contributed by atoms with van der Waals surface area (Å²) in [5.41, 5.74) is 0.576. The monoisotopic (exact) mass is 533 g/mol. The summed E-state index contributed by atoms with van der Waals surface area (Å²) in [6.45, 7) is 2.07. The van der Waals surface area contributed by atoms with E-state index in [1.54, 1.807) is 25.3 Å². The van der Waals surface area contributed by atoms with Crippen LogP contribution in [-0.4, -0.2) is 54.2 Å². The number of halogens is 4. The highest BCUT2D eigenvalue weighted by Crippen LogP contribution is 2.40. The molecule has 6 nitrogen and oxygen atoms in total. The van der Waals surface area contributed by atoms with Gasteiger partial charge in [-0.15, -0.1) is 0 Å². The van der Waals surface area contributed by atoms with Crippen LogP contribution in [-0.2, 0) is 11.2 Å². The van der Waals surface area contributed by atoms with Gasteiger partial charge in [-0.1, -0.05) is 0 Å². The van der Waals surface area contributed by atoms with Crippen molar-refractivity contribution in [2.75, 3.05) is 38.6 Å². The van der Waals surface area contributed by atoms with Gasteiger partial charge in [0.15, 0.2) is 11.6 Å². The van der Waals surface area contributed by atoms with Crippen LogP contribution in [0.25, 0.3) is 10.9 Å². The molecule has 0 spiro atoms. The first-order valence-corrected chi connectivity index (χ1v) is 12.6. The molecule has 1 aromatic heterocycles.